The van der Waals surface area contributed by atoms with Crippen LogP contribution in [0.3, 0.4) is 0 Å². The minimum atomic E-state index is 0.574. The third-order valence-electron chi connectivity index (χ3n) is 2.99. The molecule has 1 aliphatic heterocycles. The van der Waals surface area contributed by atoms with Gasteiger partial charge < -0.3 is 10.1 Å². The van der Waals surface area contributed by atoms with Gasteiger partial charge in [-0.15, -0.1) is 0 Å². The zero-order valence-corrected chi connectivity index (χ0v) is 11.2. The van der Waals surface area contributed by atoms with Gasteiger partial charge in [0, 0.05) is 10.5 Å². The first-order chi connectivity index (χ1) is 8.29. The first kappa shape index (κ1) is 12.6. The van der Waals surface area contributed by atoms with Crippen LogP contribution in [0, 0.1) is 0 Å². The van der Waals surface area contributed by atoms with Crippen LogP contribution in [0.4, 0.5) is 0 Å². The summed E-state index contributed by atoms with van der Waals surface area (Å²) in [5.41, 5.74) is 0.596. The van der Waals surface area contributed by atoms with Crippen LogP contribution >= 0.6 is 15.9 Å². The van der Waals surface area contributed by atoms with Gasteiger partial charge in [0.25, 0.3) is 0 Å². The summed E-state index contributed by atoms with van der Waals surface area (Å²) < 4.78 is 6.55. The molecular weight excluding hydrogens is 282 g/mol. The lowest BCUT2D eigenvalue weighted by atomic mass is 10.2. The normalized spacial score (nSPS) is 19.2. The number of carbonyl (C=O) groups is 1. The van der Waals surface area contributed by atoms with Crippen LogP contribution in [-0.2, 0) is 0 Å². The van der Waals surface area contributed by atoms with E-state index in [-0.39, 0.29) is 0 Å². The highest BCUT2D eigenvalue weighted by atomic mass is 79.9. The van der Waals surface area contributed by atoms with E-state index in [1.54, 1.807) is 6.07 Å². The molecule has 17 heavy (non-hydrogen) atoms. The molecule has 92 valence electrons. The van der Waals surface area contributed by atoms with Gasteiger partial charge in [0.1, 0.15) is 5.75 Å². The molecule has 0 bridgehead atoms. The van der Waals surface area contributed by atoms with Crippen molar-refractivity contribution in [2.75, 3.05) is 13.2 Å². The van der Waals surface area contributed by atoms with Gasteiger partial charge in [-0.3, -0.25) is 4.79 Å². The molecule has 0 aliphatic carbocycles. The lowest BCUT2D eigenvalue weighted by molar-refractivity contribution is 0.111. The summed E-state index contributed by atoms with van der Waals surface area (Å²) in [5, 5.41) is 3.42. The monoisotopic (exact) mass is 297 g/mol. The van der Waals surface area contributed by atoms with E-state index in [4.69, 9.17) is 4.74 Å². The Balaban J connectivity index is 1.87. The highest BCUT2D eigenvalue weighted by molar-refractivity contribution is 9.10. The van der Waals surface area contributed by atoms with Crippen molar-refractivity contribution in [3.63, 3.8) is 0 Å². The second-order valence-corrected chi connectivity index (χ2v) is 5.15. The van der Waals surface area contributed by atoms with Crippen molar-refractivity contribution in [2.24, 2.45) is 0 Å². The standard InChI is InChI=1S/C13H16BrNO2/c14-11-3-4-13(10(8-11)9-16)17-7-5-12-2-1-6-15-12/h3-4,8-9,12,15H,1-2,5-7H2. The van der Waals surface area contributed by atoms with E-state index >= 15 is 0 Å². The van der Waals surface area contributed by atoms with E-state index in [1.807, 2.05) is 12.1 Å². The molecule has 0 spiro atoms. The van der Waals surface area contributed by atoms with Crippen LogP contribution in [-0.4, -0.2) is 25.5 Å². The quantitative estimate of drug-likeness (QED) is 0.850. The average molecular weight is 298 g/mol. The third kappa shape index (κ3) is 3.54. The summed E-state index contributed by atoms with van der Waals surface area (Å²) in [6, 6.07) is 6.06. The summed E-state index contributed by atoms with van der Waals surface area (Å²) in [4.78, 5) is 10.9. The van der Waals surface area contributed by atoms with Gasteiger partial charge in [-0.05, 0) is 44.0 Å². The van der Waals surface area contributed by atoms with Crippen LogP contribution in [0.1, 0.15) is 29.6 Å². The molecule has 2 rings (SSSR count). The highest BCUT2D eigenvalue weighted by Gasteiger charge is 2.13. The van der Waals surface area contributed by atoms with E-state index < -0.39 is 0 Å². The first-order valence-electron chi connectivity index (χ1n) is 5.90. The molecule has 1 atom stereocenters. The fourth-order valence-electron chi connectivity index (χ4n) is 2.06. The zero-order valence-electron chi connectivity index (χ0n) is 9.62. The van der Waals surface area contributed by atoms with Gasteiger partial charge in [0.2, 0.25) is 0 Å². The summed E-state index contributed by atoms with van der Waals surface area (Å²) in [7, 11) is 0. The average Bonchev–Trinajstić information content (AvgIpc) is 2.84. The maximum Gasteiger partial charge on any atom is 0.153 e. The maximum absolute atomic E-state index is 10.9. The lowest BCUT2D eigenvalue weighted by Gasteiger charge is -2.12. The fraction of sp³-hybridized carbons (Fsp3) is 0.462. The predicted molar refractivity (Wildman–Crippen MR) is 70.7 cm³/mol. The number of hydrogen-bond acceptors (Lipinski definition) is 3. The van der Waals surface area contributed by atoms with Gasteiger partial charge in [-0.25, -0.2) is 0 Å². The molecule has 3 nitrogen and oxygen atoms in total. The fourth-order valence-corrected chi connectivity index (χ4v) is 2.44. The molecule has 1 aliphatic rings. The number of halogens is 1. The molecule has 1 aromatic carbocycles. The molecule has 4 heteroatoms. The van der Waals surface area contributed by atoms with Crippen LogP contribution < -0.4 is 10.1 Å². The van der Waals surface area contributed by atoms with E-state index in [2.05, 4.69) is 21.2 Å². The first-order valence-corrected chi connectivity index (χ1v) is 6.70. The smallest absolute Gasteiger partial charge is 0.153 e. The topological polar surface area (TPSA) is 38.3 Å². The number of nitrogens with one attached hydrogen (secondary N) is 1. The van der Waals surface area contributed by atoms with E-state index in [0.717, 1.165) is 23.7 Å². The number of ether oxygens (including phenoxy) is 1. The molecule has 1 unspecified atom stereocenters. The summed E-state index contributed by atoms with van der Waals surface area (Å²) in [6.07, 6.45) is 4.30. The Morgan fingerprint density at radius 3 is 3.12 bits per heavy atom. The lowest BCUT2D eigenvalue weighted by Crippen LogP contribution is -2.23. The van der Waals surface area contributed by atoms with Crippen molar-refractivity contribution >= 4 is 22.2 Å². The van der Waals surface area contributed by atoms with Gasteiger partial charge in [-0.1, -0.05) is 15.9 Å². The van der Waals surface area contributed by atoms with Crippen LogP contribution in [0.25, 0.3) is 0 Å². The Labute approximate surface area is 110 Å². The summed E-state index contributed by atoms with van der Waals surface area (Å²) >= 11 is 3.33. The molecule has 1 saturated heterocycles. The number of hydrogen-bond donors (Lipinski definition) is 1. The second-order valence-electron chi connectivity index (χ2n) is 4.23. The molecule has 1 N–H and O–H groups in total. The third-order valence-corrected chi connectivity index (χ3v) is 3.48. The number of carbonyl (C=O) groups excluding carboxylic acids is 1. The Bertz CT molecular complexity index is 389. The minimum Gasteiger partial charge on any atom is -0.493 e. The summed E-state index contributed by atoms with van der Waals surface area (Å²) in [5.74, 6) is 0.668. The molecule has 0 aromatic heterocycles. The van der Waals surface area contributed by atoms with Crippen molar-refractivity contribution in [3.8, 4) is 5.75 Å². The van der Waals surface area contributed by atoms with Gasteiger partial charge >= 0.3 is 0 Å². The van der Waals surface area contributed by atoms with Crippen molar-refractivity contribution in [2.45, 2.75) is 25.3 Å². The van der Waals surface area contributed by atoms with E-state index in [1.165, 1.54) is 12.8 Å². The molecule has 0 radical (unpaired) electrons. The van der Waals surface area contributed by atoms with Crippen LogP contribution in [0.2, 0.25) is 0 Å². The van der Waals surface area contributed by atoms with E-state index in [9.17, 15) is 4.79 Å². The van der Waals surface area contributed by atoms with Gasteiger partial charge in [0.05, 0.1) is 12.2 Å². The Hall–Kier alpha value is -0.870. The molecule has 1 aromatic rings. The molecular formula is C13H16BrNO2. The van der Waals surface area contributed by atoms with Crippen molar-refractivity contribution in [1.29, 1.82) is 0 Å². The van der Waals surface area contributed by atoms with Crippen molar-refractivity contribution < 1.29 is 9.53 Å². The van der Waals surface area contributed by atoms with Crippen LogP contribution in [0.5, 0.6) is 5.75 Å². The van der Waals surface area contributed by atoms with Gasteiger partial charge in [-0.2, -0.15) is 0 Å². The highest BCUT2D eigenvalue weighted by Crippen LogP contribution is 2.22. The molecule has 1 heterocycles. The van der Waals surface area contributed by atoms with Crippen LogP contribution in [0.15, 0.2) is 22.7 Å². The largest absolute Gasteiger partial charge is 0.493 e. The summed E-state index contributed by atoms with van der Waals surface area (Å²) in [6.45, 7) is 1.77. The molecule has 0 saturated carbocycles. The van der Waals surface area contributed by atoms with E-state index in [0.29, 0.717) is 24.0 Å². The minimum absolute atomic E-state index is 0.574. The Morgan fingerprint density at radius 2 is 2.41 bits per heavy atom. The Morgan fingerprint density at radius 1 is 1.53 bits per heavy atom. The number of rotatable bonds is 5. The van der Waals surface area contributed by atoms with Crippen molar-refractivity contribution in [1.82, 2.24) is 5.32 Å². The molecule has 0 amide bonds. The van der Waals surface area contributed by atoms with Gasteiger partial charge in [0.15, 0.2) is 6.29 Å². The van der Waals surface area contributed by atoms with Crippen molar-refractivity contribution in [3.05, 3.63) is 28.2 Å². The number of aldehydes is 1. The Kier molecular flexibility index (Phi) is 4.57. The SMILES string of the molecule is O=Cc1cc(Br)ccc1OCCC1CCCN1. The maximum atomic E-state index is 10.9. The molecule has 1 fully saturated rings. The predicted octanol–water partition coefficient (Wildman–Crippen LogP) is 2.78. The second kappa shape index (κ2) is 6.17. The number of benzene rings is 1. The zero-order chi connectivity index (χ0) is 12.1.